The number of benzene rings is 1. The van der Waals surface area contributed by atoms with Gasteiger partial charge in [0.2, 0.25) is 0 Å². The highest BCUT2D eigenvalue weighted by Gasteiger charge is 2.46. The first kappa shape index (κ1) is 15.3. The molecular formula is C18H27ClN2. The van der Waals surface area contributed by atoms with E-state index in [1.165, 1.54) is 57.2 Å². The molecule has 1 saturated heterocycles. The third-order valence-electron chi connectivity index (χ3n) is 5.56. The van der Waals surface area contributed by atoms with Gasteiger partial charge in [0.05, 0.1) is 6.04 Å². The monoisotopic (exact) mass is 306 g/mol. The smallest absolute Gasteiger partial charge is 0.0505 e. The normalized spacial score (nSPS) is 23.6. The van der Waals surface area contributed by atoms with Gasteiger partial charge in [0.1, 0.15) is 0 Å². The van der Waals surface area contributed by atoms with Crippen molar-refractivity contribution in [3.8, 4) is 0 Å². The van der Waals surface area contributed by atoms with Crippen LogP contribution in [0, 0.1) is 6.92 Å². The van der Waals surface area contributed by atoms with E-state index in [1.807, 2.05) is 0 Å². The Hall–Kier alpha value is -0.570. The molecule has 0 aromatic heterocycles. The zero-order valence-electron chi connectivity index (χ0n) is 13.3. The van der Waals surface area contributed by atoms with Crippen molar-refractivity contribution in [3.63, 3.8) is 0 Å². The second kappa shape index (κ2) is 6.28. The lowest BCUT2D eigenvalue weighted by atomic mass is 9.82. The Morgan fingerprint density at radius 1 is 1.14 bits per heavy atom. The molecule has 1 aromatic carbocycles. The van der Waals surface area contributed by atoms with Gasteiger partial charge in [-0.2, -0.15) is 0 Å². The van der Waals surface area contributed by atoms with E-state index in [2.05, 4.69) is 42.4 Å². The summed E-state index contributed by atoms with van der Waals surface area (Å²) in [7, 11) is 2.11. The van der Waals surface area contributed by atoms with Gasteiger partial charge in [-0.25, -0.2) is 0 Å². The van der Waals surface area contributed by atoms with Crippen LogP contribution < -0.4 is 5.32 Å². The molecule has 1 saturated carbocycles. The van der Waals surface area contributed by atoms with Crippen LogP contribution in [-0.2, 0) is 0 Å². The Labute approximate surface area is 133 Å². The summed E-state index contributed by atoms with van der Waals surface area (Å²) < 4.78 is 0. The maximum Gasteiger partial charge on any atom is 0.0505 e. The molecule has 1 heterocycles. The summed E-state index contributed by atoms with van der Waals surface area (Å²) >= 11 is 6.39. The Bertz CT molecular complexity index is 488. The summed E-state index contributed by atoms with van der Waals surface area (Å²) in [6.07, 6.45) is 8.04. The predicted molar refractivity (Wildman–Crippen MR) is 90.0 cm³/mol. The summed E-state index contributed by atoms with van der Waals surface area (Å²) in [4.78, 5) is 2.76. The number of hydrogen-bond acceptors (Lipinski definition) is 2. The number of nitrogens with one attached hydrogen (secondary N) is 1. The predicted octanol–water partition coefficient (Wildman–Crippen LogP) is 4.32. The molecule has 2 fully saturated rings. The molecule has 3 rings (SSSR count). The van der Waals surface area contributed by atoms with E-state index in [0.717, 1.165) is 10.6 Å². The van der Waals surface area contributed by atoms with Crippen LogP contribution in [0.5, 0.6) is 0 Å². The molecule has 116 valence electrons. The van der Waals surface area contributed by atoms with Crippen molar-refractivity contribution >= 4 is 11.6 Å². The molecule has 1 N–H and O–H groups in total. The van der Waals surface area contributed by atoms with E-state index < -0.39 is 0 Å². The second-order valence-corrected chi connectivity index (χ2v) is 7.14. The molecule has 1 unspecified atom stereocenters. The van der Waals surface area contributed by atoms with Crippen LogP contribution in [0.4, 0.5) is 0 Å². The average Bonchev–Trinajstić information content (AvgIpc) is 3.15. The zero-order valence-corrected chi connectivity index (χ0v) is 14.0. The van der Waals surface area contributed by atoms with E-state index in [-0.39, 0.29) is 0 Å². The van der Waals surface area contributed by atoms with Crippen LogP contribution >= 0.6 is 11.6 Å². The number of aryl methyl sites for hydroxylation is 1. The van der Waals surface area contributed by atoms with Gasteiger partial charge >= 0.3 is 0 Å². The van der Waals surface area contributed by atoms with Gasteiger partial charge in [0, 0.05) is 10.6 Å². The van der Waals surface area contributed by atoms with E-state index in [9.17, 15) is 0 Å². The highest BCUT2D eigenvalue weighted by Crippen LogP contribution is 2.46. The Kier molecular flexibility index (Phi) is 4.58. The van der Waals surface area contributed by atoms with Crippen molar-refractivity contribution in [2.45, 2.75) is 57.0 Å². The van der Waals surface area contributed by atoms with Crippen molar-refractivity contribution < 1.29 is 0 Å². The van der Waals surface area contributed by atoms with Crippen LogP contribution in [0.1, 0.15) is 55.7 Å². The Morgan fingerprint density at radius 3 is 2.38 bits per heavy atom. The topological polar surface area (TPSA) is 15.3 Å². The van der Waals surface area contributed by atoms with Gasteiger partial charge in [-0.1, -0.05) is 36.6 Å². The number of likely N-dealkylation sites (N-methyl/N-ethyl adjacent to an activating group) is 1. The van der Waals surface area contributed by atoms with Crippen molar-refractivity contribution in [2.24, 2.45) is 0 Å². The van der Waals surface area contributed by atoms with Crippen LogP contribution in [0.25, 0.3) is 0 Å². The van der Waals surface area contributed by atoms with Crippen molar-refractivity contribution in [1.29, 1.82) is 0 Å². The molecule has 1 atom stereocenters. The molecule has 21 heavy (non-hydrogen) atoms. The minimum absolute atomic E-state index is 0.295. The standard InChI is InChI=1S/C18H27ClN2/c1-14-7-8-15(13-16(14)19)17(20-2)18(9-3-4-10-18)21-11-5-6-12-21/h7-8,13,17,20H,3-6,9-12H2,1-2H3. The average molecular weight is 307 g/mol. The van der Waals surface area contributed by atoms with E-state index in [0.29, 0.717) is 11.6 Å². The molecule has 0 amide bonds. The van der Waals surface area contributed by atoms with Crippen LogP contribution in [-0.4, -0.2) is 30.6 Å². The van der Waals surface area contributed by atoms with Crippen molar-refractivity contribution in [1.82, 2.24) is 10.2 Å². The largest absolute Gasteiger partial charge is 0.311 e. The van der Waals surface area contributed by atoms with Gasteiger partial charge < -0.3 is 5.32 Å². The minimum Gasteiger partial charge on any atom is -0.311 e. The first-order chi connectivity index (χ1) is 10.2. The lowest BCUT2D eigenvalue weighted by Crippen LogP contribution is -2.53. The van der Waals surface area contributed by atoms with Crippen LogP contribution in [0.3, 0.4) is 0 Å². The molecule has 0 radical (unpaired) electrons. The van der Waals surface area contributed by atoms with Gasteiger partial charge in [0.25, 0.3) is 0 Å². The number of rotatable bonds is 4. The summed E-state index contributed by atoms with van der Waals surface area (Å²) in [5, 5.41) is 4.52. The lowest BCUT2D eigenvalue weighted by Gasteiger charge is -2.45. The maximum atomic E-state index is 6.39. The lowest BCUT2D eigenvalue weighted by molar-refractivity contribution is 0.0796. The summed E-state index contributed by atoms with van der Waals surface area (Å²) in [5.41, 5.74) is 2.81. The highest BCUT2D eigenvalue weighted by atomic mass is 35.5. The molecular weight excluding hydrogens is 280 g/mol. The quantitative estimate of drug-likeness (QED) is 0.891. The van der Waals surface area contributed by atoms with E-state index >= 15 is 0 Å². The Morgan fingerprint density at radius 2 is 1.81 bits per heavy atom. The van der Waals surface area contributed by atoms with Crippen molar-refractivity contribution in [2.75, 3.05) is 20.1 Å². The number of nitrogens with zero attached hydrogens (tertiary/aromatic N) is 1. The summed E-state index contributed by atoms with van der Waals surface area (Å²) in [5.74, 6) is 0. The van der Waals surface area contributed by atoms with Gasteiger partial charge in [0.15, 0.2) is 0 Å². The number of hydrogen-bond donors (Lipinski definition) is 1. The molecule has 2 nitrogen and oxygen atoms in total. The Balaban J connectivity index is 1.96. The summed E-state index contributed by atoms with van der Waals surface area (Å²) in [6, 6.07) is 6.98. The van der Waals surface area contributed by atoms with Crippen molar-refractivity contribution in [3.05, 3.63) is 34.3 Å². The third kappa shape index (κ3) is 2.74. The molecule has 0 spiro atoms. The van der Waals surface area contributed by atoms with Gasteiger partial charge in [-0.3, -0.25) is 4.90 Å². The number of likely N-dealkylation sites (tertiary alicyclic amines) is 1. The van der Waals surface area contributed by atoms with Crippen LogP contribution in [0.15, 0.2) is 18.2 Å². The molecule has 0 bridgehead atoms. The molecule has 1 aliphatic carbocycles. The fourth-order valence-corrected chi connectivity index (χ4v) is 4.66. The third-order valence-corrected chi connectivity index (χ3v) is 5.97. The molecule has 1 aromatic rings. The maximum absolute atomic E-state index is 6.39. The molecule has 2 aliphatic rings. The summed E-state index contributed by atoms with van der Waals surface area (Å²) in [6.45, 7) is 4.60. The fourth-order valence-electron chi connectivity index (χ4n) is 4.47. The van der Waals surface area contributed by atoms with E-state index in [1.54, 1.807) is 0 Å². The highest BCUT2D eigenvalue weighted by molar-refractivity contribution is 6.31. The van der Waals surface area contributed by atoms with Gasteiger partial charge in [-0.15, -0.1) is 0 Å². The molecule has 3 heteroatoms. The van der Waals surface area contributed by atoms with Crippen LogP contribution in [0.2, 0.25) is 5.02 Å². The first-order valence-corrected chi connectivity index (χ1v) is 8.73. The first-order valence-electron chi connectivity index (χ1n) is 8.36. The zero-order chi connectivity index (χ0) is 14.9. The number of halogens is 1. The fraction of sp³-hybridized carbons (Fsp3) is 0.667. The second-order valence-electron chi connectivity index (χ2n) is 6.74. The van der Waals surface area contributed by atoms with Gasteiger partial charge in [-0.05, 0) is 69.9 Å². The van der Waals surface area contributed by atoms with E-state index in [4.69, 9.17) is 11.6 Å². The SMILES string of the molecule is CNC(c1ccc(C)c(Cl)c1)C1(N2CCCC2)CCCC1. The minimum atomic E-state index is 0.295. The molecule has 1 aliphatic heterocycles.